The SMILES string of the molecule is C1CCC(CC2CCC(CC3CCCCC3)C2CC2CCCC2)CC1.C1CCC(CC2CCCC2)CC1.C1CCC(CC2CCCC2)CC1. The molecule has 8 rings (SSSR count). The van der Waals surface area contributed by atoms with Gasteiger partial charge in [-0.25, -0.2) is 0 Å². The van der Waals surface area contributed by atoms with Crippen LogP contribution < -0.4 is 0 Å². The largest absolute Gasteiger partial charge is 0.0533 e. The van der Waals surface area contributed by atoms with Crippen LogP contribution in [0.5, 0.6) is 0 Å². The summed E-state index contributed by atoms with van der Waals surface area (Å²) in [5.74, 6) is 11.2. The summed E-state index contributed by atoms with van der Waals surface area (Å²) >= 11 is 0. The van der Waals surface area contributed by atoms with Crippen molar-refractivity contribution in [3.8, 4) is 0 Å². The van der Waals surface area contributed by atoms with Gasteiger partial charge in [-0.05, 0) is 104 Å². The summed E-state index contributed by atoms with van der Waals surface area (Å²) in [5, 5.41) is 0. The summed E-state index contributed by atoms with van der Waals surface area (Å²) in [5.41, 5.74) is 0. The van der Waals surface area contributed by atoms with Gasteiger partial charge in [-0.2, -0.15) is 0 Å². The minimum Gasteiger partial charge on any atom is -0.0533 e. The van der Waals surface area contributed by atoms with Crippen molar-refractivity contribution in [2.45, 2.75) is 250 Å². The summed E-state index contributed by atoms with van der Waals surface area (Å²) < 4.78 is 0. The van der Waals surface area contributed by atoms with Gasteiger partial charge in [-0.1, -0.05) is 205 Å². The Bertz CT molecular complexity index is 741. The topological polar surface area (TPSA) is 0 Å². The Balaban J connectivity index is 0.000000144. The highest BCUT2D eigenvalue weighted by Gasteiger charge is 2.39. The van der Waals surface area contributed by atoms with Crippen molar-refractivity contribution in [2.75, 3.05) is 0 Å². The van der Waals surface area contributed by atoms with Crippen molar-refractivity contribution >= 4 is 0 Å². The molecule has 0 aromatic carbocycles. The van der Waals surface area contributed by atoms with Crippen molar-refractivity contribution in [1.82, 2.24) is 0 Å². The maximum absolute atomic E-state index is 1.63. The third kappa shape index (κ3) is 13.7. The Kier molecular flexibility index (Phi) is 17.6. The zero-order valence-corrected chi connectivity index (χ0v) is 33.4. The third-order valence-corrected chi connectivity index (χ3v) is 16.7. The fraction of sp³-hybridized carbons (Fsp3) is 1.00. The molecule has 0 radical (unpaired) electrons. The number of hydrogen-bond donors (Lipinski definition) is 0. The molecule has 8 fully saturated rings. The maximum Gasteiger partial charge on any atom is -0.0355 e. The van der Waals surface area contributed by atoms with E-state index in [0.29, 0.717) is 0 Å². The summed E-state index contributed by atoms with van der Waals surface area (Å²) in [4.78, 5) is 0. The van der Waals surface area contributed by atoms with E-state index in [0.717, 1.165) is 59.2 Å². The first-order chi connectivity index (χ1) is 24.3. The van der Waals surface area contributed by atoms with Crippen LogP contribution in [-0.4, -0.2) is 0 Å². The van der Waals surface area contributed by atoms with Gasteiger partial charge in [0, 0.05) is 0 Å². The molecule has 284 valence electrons. The van der Waals surface area contributed by atoms with Gasteiger partial charge in [0.05, 0.1) is 0 Å². The number of hydrogen-bond acceptors (Lipinski definition) is 0. The molecular weight excluding hydrogens is 589 g/mol. The average molecular weight is 677 g/mol. The van der Waals surface area contributed by atoms with Gasteiger partial charge in [-0.15, -0.1) is 0 Å². The second-order valence-corrected chi connectivity index (χ2v) is 20.4. The van der Waals surface area contributed by atoms with E-state index in [1.165, 1.54) is 116 Å². The fourth-order valence-electron chi connectivity index (χ4n) is 13.8. The monoisotopic (exact) mass is 677 g/mol. The molecule has 0 spiro atoms. The molecule has 0 heterocycles. The molecule has 8 saturated carbocycles. The Labute approximate surface area is 308 Å². The lowest BCUT2D eigenvalue weighted by Gasteiger charge is -2.33. The van der Waals surface area contributed by atoms with E-state index >= 15 is 0 Å². The van der Waals surface area contributed by atoms with E-state index in [4.69, 9.17) is 0 Å². The molecular formula is C49H88. The minimum absolute atomic E-state index is 1.11. The second-order valence-electron chi connectivity index (χ2n) is 20.4. The quantitative estimate of drug-likeness (QED) is 0.216. The van der Waals surface area contributed by atoms with E-state index in [-0.39, 0.29) is 0 Å². The van der Waals surface area contributed by atoms with Gasteiger partial charge in [0.15, 0.2) is 0 Å². The van der Waals surface area contributed by atoms with Gasteiger partial charge in [0.25, 0.3) is 0 Å². The van der Waals surface area contributed by atoms with Crippen LogP contribution in [-0.2, 0) is 0 Å². The molecule has 0 bridgehead atoms. The fourth-order valence-corrected chi connectivity index (χ4v) is 13.8. The predicted octanol–water partition coefficient (Wildman–Crippen LogP) is 16.4. The first kappa shape index (κ1) is 38.7. The van der Waals surface area contributed by atoms with Crippen LogP contribution >= 0.6 is 0 Å². The highest BCUT2D eigenvalue weighted by Crippen LogP contribution is 2.50. The van der Waals surface area contributed by atoms with E-state index in [2.05, 4.69) is 0 Å². The zero-order valence-electron chi connectivity index (χ0n) is 33.4. The summed E-state index contributed by atoms with van der Waals surface area (Å²) in [6, 6.07) is 0. The Morgan fingerprint density at radius 2 is 0.388 bits per heavy atom. The van der Waals surface area contributed by atoms with Crippen molar-refractivity contribution in [3.63, 3.8) is 0 Å². The first-order valence-corrected chi connectivity index (χ1v) is 24.3. The van der Waals surface area contributed by atoms with Gasteiger partial charge in [-0.3, -0.25) is 0 Å². The van der Waals surface area contributed by atoms with Crippen LogP contribution in [0.2, 0.25) is 0 Å². The molecule has 0 amide bonds. The van der Waals surface area contributed by atoms with Gasteiger partial charge >= 0.3 is 0 Å². The standard InChI is InChI=1S/C25H44.2C12H22/c1-3-9-20(10-4-1)17-23-15-16-24(18-21-11-5-2-6-12-21)25(23)19-22-13-7-8-14-22;2*1-2-6-11(7-3-1)10-12-8-4-5-9-12/h20-25H,1-19H2;2*11-12H,1-10H2. The van der Waals surface area contributed by atoms with Crippen molar-refractivity contribution in [2.24, 2.45) is 59.2 Å². The van der Waals surface area contributed by atoms with Crippen molar-refractivity contribution in [3.05, 3.63) is 0 Å². The average Bonchev–Trinajstić information content (AvgIpc) is 4.00. The molecule has 0 aliphatic heterocycles. The molecule has 2 atom stereocenters. The van der Waals surface area contributed by atoms with E-state index in [1.807, 2.05) is 0 Å². The lowest BCUT2D eigenvalue weighted by atomic mass is 9.72. The van der Waals surface area contributed by atoms with Gasteiger partial charge in [0.2, 0.25) is 0 Å². The Morgan fingerprint density at radius 3 is 0.653 bits per heavy atom. The van der Waals surface area contributed by atoms with Crippen molar-refractivity contribution < 1.29 is 0 Å². The normalized spacial score (nSPS) is 32.2. The minimum atomic E-state index is 1.11. The second kappa shape index (κ2) is 22.3. The van der Waals surface area contributed by atoms with Crippen molar-refractivity contribution in [1.29, 1.82) is 0 Å². The highest BCUT2D eigenvalue weighted by molar-refractivity contribution is 4.90. The van der Waals surface area contributed by atoms with Gasteiger partial charge < -0.3 is 0 Å². The molecule has 49 heavy (non-hydrogen) atoms. The molecule has 0 N–H and O–H groups in total. The molecule has 0 aromatic rings. The van der Waals surface area contributed by atoms with E-state index in [9.17, 15) is 0 Å². The molecule has 0 nitrogen and oxygen atoms in total. The summed E-state index contributed by atoms with van der Waals surface area (Å²) in [6.45, 7) is 0. The molecule has 8 aliphatic rings. The predicted molar refractivity (Wildman–Crippen MR) is 215 cm³/mol. The summed E-state index contributed by atoms with van der Waals surface area (Å²) in [6.07, 6.45) is 60.6. The lowest BCUT2D eigenvalue weighted by Crippen LogP contribution is -2.23. The number of rotatable bonds is 10. The van der Waals surface area contributed by atoms with E-state index in [1.54, 1.807) is 135 Å². The highest BCUT2D eigenvalue weighted by atomic mass is 14.4. The molecule has 0 heteroatoms. The smallest absolute Gasteiger partial charge is 0.0355 e. The third-order valence-electron chi connectivity index (χ3n) is 16.7. The maximum atomic E-state index is 1.63. The molecule has 0 saturated heterocycles. The van der Waals surface area contributed by atoms with Crippen LogP contribution in [0.25, 0.3) is 0 Å². The van der Waals surface area contributed by atoms with Gasteiger partial charge in [0.1, 0.15) is 0 Å². The van der Waals surface area contributed by atoms with E-state index < -0.39 is 0 Å². The molecule has 8 aliphatic carbocycles. The zero-order chi connectivity index (χ0) is 33.4. The lowest BCUT2D eigenvalue weighted by molar-refractivity contribution is 0.173. The molecule has 2 unspecified atom stereocenters. The van der Waals surface area contributed by atoms with Crippen LogP contribution in [0.15, 0.2) is 0 Å². The molecule has 0 aromatic heterocycles. The Morgan fingerprint density at radius 1 is 0.184 bits per heavy atom. The van der Waals surface area contributed by atoms with Crippen LogP contribution in [0.3, 0.4) is 0 Å². The first-order valence-electron chi connectivity index (χ1n) is 24.3. The van der Waals surface area contributed by atoms with Crippen LogP contribution in [0, 0.1) is 59.2 Å². The van der Waals surface area contributed by atoms with Crippen LogP contribution in [0.1, 0.15) is 250 Å². The summed E-state index contributed by atoms with van der Waals surface area (Å²) in [7, 11) is 0. The Hall–Kier alpha value is 0. The van der Waals surface area contributed by atoms with Crippen LogP contribution in [0.4, 0.5) is 0 Å².